The van der Waals surface area contributed by atoms with E-state index in [1.165, 1.54) is 0 Å². The summed E-state index contributed by atoms with van der Waals surface area (Å²) in [5.74, 6) is 1.57. The zero-order valence-corrected chi connectivity index (χ0v) is 18.6. The van der Waals surface area contributed by atoms with E-state index in [1.54, 1.807) is 24.0 Å². The number of anilines is 2. The molecule has 0 radical (unpaired) electrons. The van der Waals surface area contributed by atoms with Crippen LogP contribution in [0, 0.1) is 0 Å². The zero-order valence-electron chi connectivity index (χ0n) is 17.0. The molecule has 0 fully saturated rings. The summed E-state index contributed by atoms with van der Waals surface area (Å²) in [6.45, 7) is 2.66. The Morgan fingerprint density at radius 1 is 1.16 bits per heavy atom. The summed E-state index contributed by atoms with van der Waals surface area (Å²) in [6.07, 6.45) is 5.36. The lowest BCUT2D eigenvalue weighted by atomic mass is 10.1. The molecular formula is C22H20ClN7S. The average molecular weight is 450 g/mol. The topological polar surface area (TPSA) is 80.5 Å². The van der Waals surface area contributed by atoms with Crippen LogP contribution in [0.15, 0.2) is 54.6 Å². The summed E-state index contributed by atoms with van der Waals surface area (Å²) in [6, 6.07) is 9.92. The standard InChI is InChI=1S/C22H20ClN7S/c1-13(28-20-16-6-7-31-22(16)26-11-25-20)17-8-14-4-3-5-18(23)19(14)29-21(17)24-9-15-10-30(2)12-27-15/h3-8,10-13H,9H2,1-2H3,(H,24,29)(H,25,26,28)/t13-/m0/s1. The third kappa shape index (κ3) is 3.92. The fourth-order valence-corrected chi connectivity index (χ4v) is 4.53. The van der Waals surface area contributed by atoms with Crippen molar-refractivity contribution in [3.63, 3.8) is 0 Å². The van der Waals surface area contributed by atoms with Crippen LogP contribution in [0.25, 0.3) is 21.1 Å². The van der Waals surface area contributed by atoms with E-state index < -0.39 is 0 Å². The van der Waals surface area contributed by atoms with E-state index in [2.05, 4.69) is 38.6 Å². The summed E-state index contributed by atoms with van der Waals surface area (Å²) >= 11 is 8.03. The molecule has 0 saturated heterocycles. The van der Waals surface area contributed by atoms with Gasteiger partial charge in [-0.15, -0.1) is 11.3 Å². The van der Waals surface area contributed by atoms with Gasteiger partial charge in [0.15, 0.2) is 0 Å². The molecule has 0 aliphatic rings. The molecule has 0 unspecified atom stereocenters. The van der Waals surface area contributed by atoms with Gasteiger partial charge in [-0.25, -0.2) is 19.9 Å². The van der Waals surface area contributed by atoms with E-state index >= 15 is 0 Å². The number of pyridine rings is 1. The highest BCUT2D eigenvalue weighted by atomic mass is 35.5. The maximum absolute atomic E-state index is 6.43. The Hall–Kier alpha value is -3.23. The highest BCUT2D eigenvalue weighted by molar-refractivity contribution is 7.16. The molecule has 1 atom stereocenters. The van der Waals surface area contributed by atoms with Crippen molar-refractivity contribution in [1.82, 2.24) is 24.5 Å². The minimum atomic E-state index is -0.0554. The van der Waals surface area contributed by atoms with E-state index in [-0.39, 0.29) is 6.04 Å². The summed E-state index contributed by atoms with van der Waals surface area (Å²) in [4.78, 5) is 19.0. The number of nitrogens with one attached hydrogen (secondary N) is 2. The number of imidazole rings is 1. The number of thiophene rings is 1. The number of benzene rings is 1. The molecular weight excluding hydrogens is 430 g/mol. The third-order valence-corrected chi connectivity index (χ3v) is 6.23. The highest BCUT2D eigenvalue weighted by Crippen LogP contribution is 2.32. The normalized spacial score (nSPS) is 12.4. The summed E-state index contributed by atoms with van der Waals surface area (Å²) in [5, 5.41) is 11.6. The molecule has 4 heterocycles. The van der Waals surface area contributed by atoms with Crippen molar-refractivity contribution in [3.8, 4) is 0 Å². The molecule has 156 valence electrons. The first-order valence-electron chi connectivity index (χ1n) is 9.83. The molecule has 4 aromatic heterocycles. The Balaban J connectivity index is 1.52. The first-order valence-corrected chi connectivity index (χ1v) is 11.1. The second-order valence-electron chi connectivity index (χ2n) is 7.35. The number of rotatable bonds is 6. The fraction of sp³-hybridized carbons (Fsp3) is 0.182. The summed E-state index contributed by atoms with van der Waals surface area (Å²) in [5.41, 5.74) is 2.73. The highest BCUT2D eigenvalue weighted by Gasteiger charge is 2.17. The number of nitrogens with zero attached hydrogens (tertiary/aromatic N) is 5. The molecule has 31 heavy (non-hydrogen) atoms. The van der Waals surface area contributed by atoms with Gasteiger partial charge >= 0.3 is 0 Å². The van der Waals surface area contributed by atoms with Crippen molar-refractivity contribution < 1.29 is 0 Å². The minimum absolute atomic E-state index is 0.0554. The molecule has 2 N–H and O–H groups in total. The van der Waals surface area contributed by atoms with Gasteiger partial charge in [0.05, 0.1) is 40.5 Å². The lowest BCUT2D eigenvalue weighted by Crippen LogP contribution is -2.13. The van der Waals surface area contributed by atoms with Crippen LogP contribution in [0.2, 0.25) is 5.02 Å². The number of halogens is 1. The van der Waals surface area contributed by atoms with Crippen LogP contribution in [0.3, 0.4) is 0 Å². The van der Waals surface area contributed by atoms with Gasteiger partial charge in [0, 0.05) is 24.2 Å². The number of para-hydroxylation sites is 1. The van der Waals surface area contributed by atoms with Crippen molar-refractivity contribution >= 4 is 55.7 Å². The quantitative estimate of drug-likeness (QED) is 0.360. The number of hydrogen-bond acceptors (Lipinski definition) is 7. The largest absolute Gasteiger partial charge is 0.364 e. The van der Waals surface area contributed by atoms with Crippen molar-refractivity contribution in [2.24, 2.45) is 7.05 Å². The van der Waals surface area contributed by atoms with Crippen LogP contribution >= 0.6 is 22.9 Å². The Morgan fingerprint density at radius 2 is 2.06 bits per heavy atom. The predicted molar refractivity (Wildman–Crippen MR) is 127 cm³/mol. The third-order valence-electron chi connectivity index (χ3n) is 5.10. The number of aromatic nitrogens is 5. The minimum Gasteiger partial charge on any atom is -0.364 e. The fourth-order valence-electron chi connectivity index (χ4n) is 3.57. The first kappa shape index (κ1) is 19.7. The Morgan fingerprint density at radius 3 is 2.90 bits per heavy atom. The van der Waals surface area contributed by atoms with E-state index in [0.29, 0.717) is 11.6 Å². The van der Waals surface area contributed by atoms with E-state index in [0.717, 1.165) is 44.0 Å². The van der Waals surface area contributed by atoms with Crippen LogP contribution in [-0.2, 0) is 13.6 Å². The van der Waals surface area contributed by atoms with Gasteiger partial charge in [0.2, 0.25) is 0 Å². The van der Waals surface area contributed by atoms with Crippen LogP contribution in [-0.4, -0.2) is 24.5 Å². The predicted octanol–water partition coefficient (Wildman–Crippen LogP) is 5.41. The summed E-state index contributed by atoms with van der Waals surface area (Å²) < 4.78 is 1.92. The number of hydrogen-bond donors (Lipinski definition) is 2. The van der Waals surface area contributed by atoms with Crippen molar-refractivity contribution in [1.29, 1.82) is 0 Å². The molecule has 0 aliphatic heterocycles. The van der Waals surface area contributed by atoms with Gasteiger partial charge in [0.25, 0.3) is 0 Å². The van der Waals surface area contributed by atoms with E-state index in [1.807, 2.05) is 47.5 Å². The van der Waals surface area contributed by atoms with Crippen LogP contribution in [0.5, 0.6) is 0 Å². The van der Waals surface area contributed by atoms with Gasteiger partial charge in [-0.05, 0) is 30.5 Å². The molecule has 0 aliphatic carbocycles. The first-order chi connectivity index (χ1) is 15.1. The second-order valence-corrected chi connectivity index (χ2v) is 8.65. The smallest absolute Gasteiger partial charge is 0.138 e. The number of aryl methyl sites for hydroxylation is 1. The van der Waals surface area contributed by atoms with Crippen LogP contribution in [0.1, 0.15) is 24.2 Å². The van der Waals surface area contributed by atoms with Crippen molar-refractivity contribution in [2.75, 3.05) is 10.6 Å². The summed E-state index contributed by atoms with van der Waals surface area (Å²) in [7, 11) is 1.95. The molecule has 9 heteroatoms. The molecule has 0 spiro atoms. The van der Waals surface area contributed by atoms with Gasteiger partial charge in [-0.3, -0.25) is 0 Å². The van der Waals surface area contributed by atoms with Gasteiger partial charge in [-0.1, -0.05) is 23.7 Å². The van der Waals surface area contributed by atoms with Gasteiger partial charge < -0.3 is 15.2 Å². The monoisotopic (exact) mass is 449 g/mol. The van der Waals surface area contributed by atoms with Crippen molar-refractivity contribution in [2.45, 2.75) is 19.5 Å². The maximum Gasteiger partial charge on any atom is 0.138 e. The molecule has 7 nitrogen and oxygen atoms in total. The molecule has 0 amide bonds. The number of fused-ring (bicyclic) bond motifs is 2. The van der Waals surface area contributed by atoms with Crippen molar-refractivity contribution in [3.05, 3.63) is 70.8 Å². The van der Waals surface area contributed by atoms with E-state index in [9.17, 15) is 0 Å². The maximum atomic E-state index is 6.43. The zero-order chi connectivity index (χ0) is 21.4. The van der Waals surface area contributed by atoms with Crippen LogP contribution < -0.4 is 10.6 Å². The lowest BCUT2D eigenvalue weighted by molar-refractivity contribution is 0.868. The molecule has 5 rings (SSSR count). The Labute approximate surface area is 188 Å². The molecule has 1 aromatic carbocycles. The average Bonchev–Trinajstić information content (AvgIpc) is 3.41. The van der Waals surface area contributed by atoms with Gasteiger partial charge in [0.1, 0.15) is 22.8 Å². The lowest BCUT2D eigenvalue weighted by Gasteiger charge is -2.20. The van der Waals surface area contributed by atoms with E-state index in [4.69, 9.17) is 16.6 Å². The second kappa shape index (κ2) is 8.13. The Bertz CT molecular complexity index is 1380. The Kier molecular flexibility index (Phi) is 5.17. The molecule has 0 bridgehead atoms. The molecule has 0 saturated carbocycles. The SMILES string of the molecule is C[C@H](Nc1ncnc2sccc12)c1cc2cccc(Cl)c2nc1NCc1cn(C)cn1. The molecule has 5 aromatic rings. The van der Waals surface area contributed by atoms with Gasteiger partial charge in [-0.2, -0.15) is 0 Å². The van der Waals surface area contributed by atoms with Crippen LogP contribution in [0.4, 0.5) is 11.6 Å².